The van der Waals surface area contributed by atoms with Crippen molar-refractivity contribution >= 4 is 26.7 Å². The molecule has 0 radical (unpaired) electrons. The van der Waals surface area contributed by atoms with Crippen LogP contribution in [0, 0.1) is 6.92 Å². The average molecular weight is 315 g/mol. The molecule has 22 heavy (non-hydrogen) atoms. The smallest absolute Gasteiger partial charge is 0.240 e. The maximum atomic E-state index is 5.19. The minimum Gasteiger partial charge on any atom is -0.345 e. The lowest BCUT2D eigenvalue weighted by Gasteiger charge is -2.33. The van der Waals surface area contributed by atoms with Crippen LogP contribution in [0.5, 0.6) is 0 Å². The Morgan fingerprint density at radius 2 is 1.95 bits per heavy atom. The van der Waals surface area contributed by atoms with Gasteiger partial charge in [-0.1, -0.05) is 28.6 Å². The molecule has 1 aliphatic rings. The van der Waals surface area contributed by atoms with Crippen LogP contribution >= 0.6 is 11.3 Å². The Hall–Kier alpha value is -1.99. The number of fused-ring (bicyclic) bond motifs is 1. The molecule has 6 nitrogen and oxygen atoms in total. The molecule has 1 fully saturated rings. The minimum absolute atomic E-state index is 0.697. The second-order valence-electron chi connectivity index (χ2n) is 5.46. The molecule has 2 aromatic heterocycles. The number of para-hydroxylation sites is 1. The molecule has 0 N–H and O–H groups in total. The van der Waals surface area contributed by atoms with E-state index in [-0.39, 0.29) is 0 Å². The Kier molecular flexibility index (Phi) is 3.51. The second-order valence-corrected chi connectivity index (χ2v) is 6.47. The summed E-state index contributed by atoms with van der Waals surface area (Å²) in [6, 6.07) is 8.30. The van der Waals surface area contributed by atoms with Crippen LogP contribution in [0.25, 0.3) is 10.2 Å². The number of hydrogen-bond acceptors (Lipinski definition) is 7. The van der Waals surface area contributed by atoms with Crippen LogP contribution in [-0.4, -0.2) is 46.2 Å². The number of aromatic nitrogens is 3. The molecule has 1 aliphatic heterocycles. The van der Waals surface area contributed by atoms with Gasteiger partial charge in [0, 0.05) is 26.2 Å². The van der Waals surface area contributed by atoms with Crippen LogP contribution in [0.4, 0.5) is 5.13 Å². The van der Waals surface area contributed by atoms with E-state index in [4.69, 9.17) is 9.51 Å². The first kappa shape index (κ1) is 13.7. The van der Waals surface area contributed by atoms with Crippen LogP contribution < -0.4 is 4.90 Å². The predicted octanol–water partition coefficient (Wildman–Crippen LogP) is 2.31. The van der Waals surface area contributed by atoms with Gasteiger partial charge in [-0.25, -0.2) is 4.98 Å². The normalized spacial score (nSPS) is 16.5. The molecular formula is C15H17N5OS. The number of thiazole rings is 1. The molecule has 0 spiro atoms. The van der Waals surface area contributed by atoms with E-state index in [0.29, 0.717) is 11.7 Å². The summed E-state index contributed by atoms with van der Waals surface area (Å²) in [4.78, 5) is 13.7. The maximum Gasteiger partial charge on any atom is 0.240 e. The van der Waals surface area contributed by atoms with E-state index in [1.54, 1.807) is 11.3 Å². The van der Waals surface area contributed by atoms with Gasteiger partial charge in [0.25, 0.3) is 0 Å². The van der Waals surface area contributed by atoms with E-state index in [0.717, 1.165) is 43.4 Å². The summed E-state index contributed by atoms with van der Waals surface area (Å²) in [5.74, 6) is 1.40. The van der Waals surface area contributed by atoms with Crippen LogP contribution in [0.15, 0.2) is 28.8 Å². The lowest BCUT2D eigenvalue weighted by molar-refractivity contribution is 0.215. The van der Waals surface area contributed by atoms with Crippen LogP contribution in [0.3, 0.4) is 0 Å². The molecule has 1 saturated heterocycles. The molecule has 0 atom stereocenters. The van der Waals surface area contributed by atoms with Crippen molar-refractivity contribution in [3.8, 4) is 0 Å². The molecule has 3 heterocycles. The highest BCUT2D eigenvalue weighted by molar-refractivity contribution is 7.22. The van der Waals surface area contributed by atoms with Gasteiger partial charge < -0.3 is 9.42 Å². The Bertz CT molecular complexity index is 742. The zero-order valence-corrected chi connectivity index (χ0v) is 13.2. The second kappa shape index (κ2) is 5.66. The van der Waals surface area contributed by atoms with Crippen molar-refractivity contribution in [1.82, 2.24) is 20.0 Å². The fraction of sp³-hybridized carbons (Fsp3) is 0.400. The van der Waals surface area contributed by atoms with Crippen LogP contribution in [0.2, 0.25) is 0 Å². The number of rotatable bonds is 3. The van der Waals surface area contributed by atoms with E-state index in [1.165, 1.54) is 4.70 Å². The monoisotopic (exact) mass is 315 g/mol. The first-order valence-corrected chi connectivity index (χ1v) is 8.22. The molecular weight excluding hydrogens is 298 g/mol. The zero-order chi connectivity index (χ0) is 14.9. The molecule has 1 aromatic carbocycles. The third-order valence-corrected chi connectivity index (χ3v) is 4.95. The molecule has 0 saturated carbocycles. The largest absolute Gasteiger partial charge is 0.345 e. The Morgan fingerprint density at radius 3 is 2.68 bits per heavy atom. The van der Waals surface area contributed by atoms with E-state index >= 15 is 0 Å². The molecule has 114 valence electrons. The quantitative estimate of drug-likeness (QED) is 0.739. The van der Waals surface area contributed by atoms with Crippen molar-refractivity contribution in [1.29, 1.82) is 0 Å². The van der Waals surface area contributed by atoms with Gasteiger partial charge in [-0.05, 0) is 19.1 Å². The van der Waals surface area contributed by atoms with Gasteiger partial charge in [0.15, 0.2) is 11.0 Å². The highest BCUT2D eigenvalue weighted by Gasteiger charge is 2.21. The SMILES string of the molecule is Cc1noc(CN2CCN(c3nc4ccccc4s3)CC2)n1. The summed E-state index contributed by atoms with van der Waals surface area (Å²) in [7, 11) is 0. The Labute approximate surface area is 132 Å². The highest BCUT2D eigenvalue weighted by atomic mass is 32.1. The number of hydrogen-bond donors (Lipinski definition) is 0. The minimum atomic E-state index is 0.697. The molecule has 3 aromatic rings. The number of benzene rings is 1. The van der Waals surface area contributed by atoms with Crippen molar-refractivity contribution in [2.45, 2.75) is 13.5 Å². The van der Waals surface area contributed by atoms with Crippen molar-refractivity contribution in [3.05, 3.63) is 36.0 Å². The number of nitrogens with zero attached hydrogens (tertiary/aromatic N) is 5. The number of piperazine rings is 1. The summed E-state index contributed by atoms with van der Waals surface area (Å²) in [5.41, 5.74) is 1.09. The molecule has 0 bridgehead atoms. The fourth-order valence-electron chi connectivity index (χ4n) is 2.69. The lowest BCUT2D eigenvalue weighted by atomic mass is 10.3. The Balaban J connectivity index is 1.40. The fourth-order valence-corrected chi connectivity index (χ4v) is 3.71. The van der Waals surface area contributed by atoms with Gasteiger partial charge in [-0.15, -0.1) is 0 Å². The standard InChI is InChI=1S/C15H17N5OS/c1-11-16-14(21-18-11)10-19-6-8-20(9-7-19)15-17-12-4-2-3-5-13(12)22-15/h2-5H,6-10H2,1H3. The van der Waals surface area contributed by atoms with E-state index in [9.17, 15) is 0 Å². The van der Waals surface area contributed by atoms with Crippen LogP contribution in [-0.2, 0) is 6.54 Å². The number of anilines is 1. The highest BCUT2D eigenvalue weighted by Crippen LogP contribution is 2.29. The summed E-state index contributed by atoms with van der Waals surface area (Å²) >= 11 is 1.77. The summed E-state index contributed by atoms with van der Waals surface area (Å²) in [6.45, 7) is 6.50. The predicted molar refractivity (Wildman–Crippen MR) is 86.1 cm³/mol. The molecule has 0 unspecified atom stereocenters. The summed E-state index contributed by atoms with van der Waals surface area (Å²) in [5, 5.41) is 4.96. The zero-order valence-electron chi connectivity index (χ0n) is 12.4. The summed E-state index contributed by atoms with van der Waals surface area (Å²) in [6.07, 6.45) is 0. The Morgan fingerprint density at radius 1 is 1.14 bits per heavy atom. The van der Waals surface area contributed by atoms with Crippen molar-refractivity contribution in [2.24, 2.45) is 0 Å². The van der Waals surface area contributed by atoms with Gasteiger partial charge >= 0.3 is 0 Å². The molecule has 4 rings (SSSR count). The molecule has 7 heteroatoms. The lowest BCUT2D eigenvalue weighted by Crippen LogP contribution is -2.46. The first-order chi connectivity index (χ1) is 10.8. The maximum absolute atomic E-state index is 5.19. The van der Waals surface area contributed by atoms with Gasteiger partial charge in [0.05, 0.1) is 16.8 Å². The van der Waals surface area contributed by atoms with Gasteiger partial charge in [-0.2, -0.15) is 4.98 Å². The van der Waals surface area contributed by atoms with Gasteiger partial charge in [0.1, 0.15) is 0 Å². The molecule has 0 amide bonds. The van der Waals surface area contributed by atoms with Crippen molar-refractivity contribution in [3.63, 3.8) is 0 Å². The first-order valence-electron chi connectivity index (χ1n) is 7.40. The summed E-state index contributed by atoms with van der Waals surface area (Å²) < 4.78 is 6.44. The van der Waals surface area contributed by atoms with Crippen molar-refractivity contribution < 1.29 is 4.52 Å². The van der Waals surface area contributed by atoms with E-state index in [2.05, 4.69) is 38.1 Å². The average Bonchev–Trinajstić information content (AvgIpc) is 3.14. The van der Waals surface area contributed by atoms with Crippen molar-refractivity contribution in [2.75, 3.05) is 31.1 Å². The third-order valence-electron chi connectivity index (χ3n) is 3.85. The third kappa shape index (κ3) is 2.69. The van der Waals surface area contributed by atoms with E-state index < -0.39 is 0 Å². The topological polar surface area (TPSA) is 58.3 Å². The number of aryl methyl sites for hydroxylation is 1. The van der Waals surface area contributed by atoms with Gasteiger partial charge in [-0.3, -0.25) is 4.90 Å². The molecule has 0 aliphatic carbocycles. The van der Waals surface area contributed by atoms with E-state index in [1.807, 2.05) is 13.0 Å². The van der Waals surface area contributed by atoms with Crippen LogP contribution in [0.1, 0.15) is 11.7 Å². The van der Waals surface area contributed by atoms with Gasteiger partial charge in [0.2, 0.25) is 5.89 Å².